The maximum atomic E-state index is 12.3. The van der Waals surface area contributed by atoms with Crippen LogP contribution in [0.2, 0.25) is 0 Å². The van der Waals surface area contributed by atoms with Crippen LogP contribution in [0.3, 0.4) is 0 Å². The number of aliphatic hydroxyl groups excluding tert-OH is 1. The maximum Gasteiger partial charge on any atom is 0.161 e. The zero-order chi connectivity index (χ0) is 11.1. The summed E-state index contributed by atoms with van der Waals surface area (Å²) in [5.41, 5.74) is -0.746. The molecule has 0 spiro atoms. The number of carbonyl (C=O) groups excluding carboxylic acids is 1. The molecule has 0 radical (unpaired) electrons. The lowest BCUT2D eigenvalue weighted by molar-refractivity contribution is -0.163. The molecule has 4 heteroatoms. The van der Waals surface area contributed by atoms with Gasteiger partial charge < -0.3 is 9.84 Å². The second-order valence-corrected chi connectivity index (χ2v) is 4.81. The zero-order valence-electron chi connectivity index (χ0n) is 9.40. The molecule has 3 saturated heterocycles. The Balaban J connectivity index is 2.29. The average molecular weight is 213 g/mol. The van der Waals surface area contributed by atoms with E-state index < -0.39 is 5.54 Å². The highest BCUT2D eigenvalue weighted by Crippen LogP contribution is 2.39. The number of hydrogen-bond donors (Lipinski definition) is 1. The molecule has 3 rings (SSSR count). The van der Waals surface area contributed by atoms with Gasteiger partial charge in [0, 0.05) is 19.6 Å². The Morgan fingerprint density at radius 2 is 2.40 bits per heavy atom. The summed E-state index contributed by atoms with van der Waals surface area (Å²) in [6.45, 7) is 4.11. The van der Waals surface area contributed by atoms with Crippen molar-refractivity contribution >= 4 is 5.78 Å². The second-order valence-electron chi connectivity index (χ2n) is 4.81. The first kappa shape index (κ1) is 11.0. The predicted molar refractivity (Wildman–Crippen MR) is 55.5 cm³/mol. The van der Waals surface area contributed by atoms with Gasteiger partial charge in [-0.1, -0.05) is 6.92 Å². The van der Waals surface area contributed by atoms with Crippen LogP contribution in [-0.2, 0) is 9.53 Å². The number of methoxy groups -OCH3 is 1. The minimum atomic E-state index is -0.746. The number of rotatable bonds is 3. The molecule has 0 aromatic carbocycles. The van der Waals surface area contributed by atoms with E-state index in [4.69, 9.17) is 4.74 Å². The number of ether oxygens (including phenoxy) is 1. The van der Waals surface area contributed by atoms with Gasteiger partial charge in [0.2, 0.25) is 0 Å². The normalized spacial score (nSPS) is 44.7. The van der Waals surface area contributed by atoms with Crippen LogP contribution in [0.25, 0.3) is 0 Å². The number of carbonyl (C=O) groups is 1. The van der Waals surface area contributed by atoms with Gasteiger partial charge in [-0.15, -0.1) is 0 Å². The lowest BCUT2D eigenvalue weighted by Gasteiger charge is -2.54. The molecule has 3 aliphatic rings. The number of hydrogen-bond acceptors (Lipinski definition) is 4. The van der Waals surface area contributed by atoms with Crippen molar-refractivity contribution in [2.45, 2.75) is 18.9 Å². The van der Waals surface area contributed by atoms with Gasteiger partial charge >= 0.3 is 0 Å². The van der Waals surface area contributed by atoms with Crippen LogP contribution in [0, 0.1) is 11.8 Å². The van der Waals surface area contributed by atoms with E-state index in [0.29, 0.717) is 12.5 Å². The number of fused-ring (bicyclic) bond motifs is 3. The number of Topliss-reactive ketones (excluding diaryl/α,β-unsaturated/α-hetero) is 1. The largest absolute Gasteiger partial charge is 0.394 e. The Hall–Kier alpha value is -0.450. The first-order valence-electron chi connectivity index (χ1n) is 5.55. The molecule has 0 aromatic heterocycles. The van der Waals surface area contributed by atoms with E-state index in [1.807, 2.05) is 0 Å². The molecule has 3 fully saturated rings. The Morgan fingerprint density at radius 1 is 1.67 bits per heavy atom. The van der Waals surface area contributed by atoms with Crippen LogP contribution in [0.15, 0.2) is 0 Å². The van der Waals surface area contributed by atoms with E-state index in [0.717, 1.165) is 19.5 Å². The Bertz CT molecular complexity index is 269. The van der Waals surface area contributed by atoms with E-state index in [2.05, 4.69) is 11.8 Å². The van der Waals surface area contributed by atoms with Gasteiger partial charge in [-0.25, -0.2) is 0 Å². The number of ketones is 1. The van der Waals surface area contributed by atoms with Crippen molar-refractivity contribution in [1.29, 1.82) is 0 Å². The van der Waals surface area contributed by atoms with Crippen LogP contribution in [0.1, 0.15) is 13.3 Å². The first-order valence-corrected chi connectivity index (χ1v) is 5.55. The van der Waals surface area contributed by atoms with Crippen LogP contribution in [-0.4, -0.2) is 54.7 Å². The lowest BCUT2D eigenvalue weighted by Crippen LogP contribution is -2.71. The molecule has 3 heterocycles. The quantitative estimate of drug-likeness (QED) is 0.711. The van der Waals surface area contributed by atoms with Crippen molar-refractivity contribution in [3.63, 3.8) is 0 Å². The summed E-state index contributed by atoms with van der Waals surface area (Å²) in [7, 11) is 1.58. The monoisotopic (exact) mass is 213 g/mol. The molecule has 4 atom stereocenters. The molecular weight excluding hydrogens is 194 g/mol. The van der Waals surface area contributed by atoms with Crippen molar-refractivity contribution in [1.82, 2.24) is 4.90 Å². The van der Waals surface area contributed by atoms with Crippen LogP contribution >= 0.6 is 0 Å². The van der Waals surface area contributed by atoms with Gasteiger partial charge in [0.15, 0.2) is 5.78 Å². The predicted octanol–water partition coefficient (Wildman–Crippen LogP) is -0.0954. The summed E-state index contributed by atoms with van der Waals surface area (Å²) < 4.78 is 5.11. The zero-order valence-corrected chi connectivity index (χ0v) is 9.40. The average Bonchev–Trinajstić information content (AvgIpc) is 2.23. The molecular formula is C11H19NO3. The Labute approximate surface area is 90.2 Å². The fraction of sp³-hybridized carbons (Fsp3) is 0.909. The molecule has 2 bridgehead atoms. The fourth-order valence-electron chi connectivity index (χ4n) is 3.05. The van der Waals surface area contributed by atoms with E-state index in [-0.39, 0.29) is 18.3 Å². The van der Waals surface area contributed by atoms with Gasteiger partial charge in [-0.2, -0.15) is 0 Å². The first-order chi connectivity index (χ1) is 7.15. The van der Waals surface area contributed by atoms with Crippen molar-refractivity contribution in [3.8, 4) is 0 Å². The molecule has 3 aliphatic heterocycles. The third kappa shape index (κ3) is 1.43. The van der Waals surface area contributed by atoms with Gasteiger partial charge in [0.25, 0.3) is 0 Å². The third-order valence-corrected chi connectivity index (χ3v) is 3.95. The SMILES string of the molecule is COC[C@@]1(CO)C(=O)[C@@H]2CCN1C[C@@H]2C. The Morgan fingerprint density at radius 3 is 2.87 bits per heavy atom. The van der Waals surface area contributed by atoms with Crippen LogP contribution in [0.5, 0.6) is 0 Å². The van der Waals surface area contributed by atoms with Crippen LogP contribution in [0.4, 0.5) is 0 Å². The fourth-order valence-corrected chi connectivity index (χ4v) is 3.05. The smallest absolute Gasteiger partial charge is 0.161 e. The molecule has 86 valence electrons. The molecule has 15 heavy (non-hydrogen) atoms. The summed E-state index contributed by atoms with van der Waals surface area (Å²) in [5, 5.41) is 9.51. The van der Waals surface area contributed by atoms with Crippen molar-refractivity contribution in [2.24, 2.45) is 11.8 Å². The second kappa shape index (κ2) is 3.85. The molecule has 1 unspecified atom stereocenters. The van der Waals surface area contributed by atoms with Crippen molar-refractivity contribution < 1.29 is 14.6 Å². The van der Waals surface area contributed by atoms with Crippen molar-refractivity contribution in [3.05, 3.63) is 0 Å². The maximum absolute atomic E-state index is 12.3. The van der Waals surface area contributed by atoms with E-state index >= 15 is 0 Å². The number of aliphatic hydroxyl groups is 1. The summed E-state index contributed by atoms with van der Waals surface area (Å²) >= 11 is 0. The van der Waals surface area contributed by atoms with Gasteiger partial charge in [-0.3, -0.25) is 9.69 Å². The lowest BCUT2D eigenvalue weighted by atomic mass is 9.69. The highest BCUT2D eigenvalue weighted by atomic mass is 16.5. The standard InChI is InChI=1S/C11H19NO3/c1-8-5-12-4-3-9(8)10(14)11(12,6-13)7-15-2/h8-9,13H,3-7H2,1-2H3/t8-,9+,11-/m0/s1. The van der Waals surface area contributed by atoms with Gasteiger partial charge in [0.1, 0.15) is 5.54 Å². The van der Waals surface area contributed by atoms with Crippen molar-refractivity contribution in [2.75, 3.05) is 33.4 Å². The molecule has 0 aromatic rings. The topological polar surface area (TPSA) is 49.8 Å². The van der Waals surface area contributed by atoms with E-state index in [1.165, 1.54) is 0 Å². The minimum Gasteiger partial charge on any atom is -0.394 e. The highest BCUT2D eigenvalue weighted by Gasteiger charge is 2.55. The molecule has 0 amide bonds. The highest BCUT2D eigenvalue weighted by molar-refractivity contribution is 5.92. The molecule has 0 aliphatic carbocycles. The number of nitrogens with zero attached hydrogens (tertiary/aromatic N) is 1. The summed E-state index contributed by atoms with van der Waals surface area (Å²) in [5.74, 6) is 0.719. The molecule has 1 N–H and O–H groups in total. The Kier molecular flexibility index (Phi) is 2.83. The van der Waals surface area contributed by atoms with Gasteiger partial charge in [0.05, 0.1) is 13.2 Å². The summed E-state index contributed by atoms with van der Waals surface area (Å²) in [6.07, 6.45) is 0.936. The van der Waals surface area contributed by atoms with E-state index in [9.17, 15) is 9.90 Å². The molecule has 0 saturated carbocycles. The third-order valence-electron chi connectivity index (χ3n) is 3.95. The van der Waals surface area contributed by atoms with Crippen LogP contribution < -0.4 is 0 Å². The van der Waals surface area contributed by atoms with Gasteiger partial charge in [-0.05, 0) is 18.9 Å². The minimum absolute atomic E-state index is 0.122. The summed E-state index contributed by atoms with van der Waals surface area (Å²) in [4.78, 5) is 14.4. The number of piperidine rings is 3. The summed E-state index contributed by atoms with van der Waals surface area (Å²) in [6, 6.07) is 0. The molecule has 4 nitrogen and oxygen atoms in total. The van der Waals surface area contributed by atoms with E-state index in [1.54, 1.807) is 7.11 Å².